The summed E-state index contributed by atoms with van der Waals surface area (Å²) in [4.78, 5) is 23.3. The highest BCUT2D eigenvalue weighted by Gasteiger charge is 2.23. The van der Waals surface area contributed by atoms with E-state index in [1.54, 1.807) is 18.2 Å². The monoisotopic (exact) mass is 254 g/mol. The number of carbonyl (C=O) groups is 2. The molecule has 0 unspecified atom stereocenters. The van der Waals surface area contributed by atoms with E-state index in [1.807, 2.05) is 0 Å². The Kier molecular flexibility index (Phi) is 3.03. The van der Waals surface area contributed by atoms with Crippen LogP contribution in [-0.2, 0) is 4.79 Å². The highest BCUT2D eigenvalue weighted by atomic mass is 35.5. The first-order chi connectivity index (χ1) is 7.58. The summed E-state index contributed by atoms with van der Waals surface area (Å²) in [5.41, 5.74) is 0.781. The van der Waals surface area contributed by atoms with E-state index in [-0.39, 0.29) is 5.78 Å². The van der Waals surface area contributed by atoms with Crippen molar-refractivity contribution in [3.63, 3.8) is 0 Å². The van der Waals surface area contributed by atoms with Crippen LogP contribution < -0.4 is 0 Å². The van der Waals surface area contributed by atoms with E-state index in [0.29, 0.717) is 21.9 Å². The first-order valence-electron chi connectivity index (χ1n) is 4.48. The maximum Gasteiger partial charge on any atom is 0.328 e. The summed E-state index contributed by atoms with van der Waals surface area (Å²) in [6, 6.07) is 5.06. The number of carbonyl (C=O) groups excluding carboxylic acids is 1. The van der Waals surface area contributed by atoms with Crippen LogP contribution >= 0.6 is 23.4 Å². The quantitative estimate of drug-likeness (QED) is 0.783. The third kappa shape index (κ3) is 2.13. The molecule has 1 heterocycles. The van der Waals surface area contributed by atoms with Crippen LogP contribution in [-0.4, -0.2) is 22.6 Å². The minimum atomic E-state index is -1.10. The van der Waals surface area contributed by atoms with Gasteiger partial charge in [-0.3, -0.25) is 4.79 Å². The van der Waals surface area contributed by atoms with Gasteiger partial charge in [-0.25, -0.2) is 4.79 Å². The third-order valence-corrected chi connectivity index (χ3v) is 3.52. The number of benzene rings is 1. The van der Waals surface area contributed by atoms with Gasteiger partial charge in [-0.05, 0) is 18.2 Å². The van der Waals surface area contributed by atoms with Gasteiger partial charge in [0.25, 0.3) is 0 Å². The van der Waals surface area contributed by atoms with Gasteiger partial charge < -0.3 is 5.11 Å². The van der Waals surface area contributed by atoms with Gasteiger partial charge in [0.2, 0.25) is 0 Å². The Hall–Kier alpha value is -1.26. The van der Waals surface area contributed by atoms with Crippen LogP contribution in [0, 0.1) is 0 Å². The lowest BCUT2D eigenvalue weighted by molar-refractivity contribution is -0.131. The molecule has 0 aliphatic carbocycles. The fraction of sp³-hybridized carbons (Fsp3) is 0.0909. The number of carboxylic acids is 1. The first-order valence-corrected chi connectivity index (χ1v) is 5.85. The molecule has 2 rings (SSSR count). The Morgan fingerprint density at radius 1 is 1.50 bits per heavy atom. The Morgan fingerprint density at radius 3 is 2.94 bits per heavy atom. The molecular weight excluding hydrogens is 248 g/mol. The lowest BCUT2D eigenvalue weighted by Gasteiger charge is -2.16. The van der Waals surface area contributed by atoms with Gasteiger partial charge in [0.15, 0.2) is 5.78 Å². The molecule has 0 spiro atoms. The zero-order chi connectivity index (χ0) is 11.7. The van der Waals surface area contributed by atoms with Crippen LogP contribution in [0.5, 0.6) is 0 Å². The number of aliphatic carboxylic acids is 1. The summed E-state index contributed by atoms with van der Waals surface area (Å²) in [7, 11) is 0. The van der Waals surface area contributed by atoms with Crippen LogP contribution in [0.4, 0.5) is 0 Å². The predicted molar refractivity (Wildman–Crippen MR) is 62.2 cm³/mol. The van der Waals surface area contributed by atoms with Gasteiger partial charge in [0.1, 0.15) is 0 Å². The Balaban J connectivity index is 2.46. The Morgan fingerprint density at radius 2 is 2.25 bits per heavy atom. The minimum absolute atomic E-state index is 0.251. The Labute approximate surface area is 101 Å². The SMILES string of the molecule is O=C(O)/C=C1\CSc2ccc(Cl)cc2C1=O. The zero-order valence-electron chi connectivity index (χ0n) is 8.07. The summed E-state index contributed by atoms with van der Waals surface area (Å²) in [6.07, 6.45) is 0.958. The van der Waals surface area contributed by atoms with Crippen molar-refractivity contribution in [1.29, 1.82) is 0 Å². The number of halogens is 1. The van der Waals surface area contributed by atoms with Crippen molar-refractivity contribution in [3.05, 3.63) is 40.4 Å². The van der Waals surface area contributed by atoms with Gasteiger partial charge in [-0.15, -0.1) is 11.8 Å². The largest absolute Gasteiger partial charge is 0.478 e. The van der Waals surface area contributed by atoms with Crippen molar-refractivity contribution in [2.24, 2.45) is 0 Å². The van der Waals surface area contributed by atoms with E-state index in [0.717, 1.165) is 11.0 Å². The molecule has 16 heavy (non-hydrogen) atoms. The fourth-order valence-corrected chi connectivity index (χ4v) is 2.62. The Bertz CT molecular complexity index is 508. The third-order valence-electron chi connectivity index (χ3n) is 2.16. The molecular formula is C11H7ClO3S. The van der Waals surface area contributed by atoms with E-state index in [1.165, 1.54) is 11.8 Å². The summed E-state index contributed by atoms with van der Waals surface area (Å²) < 4.78 is 0. The normalized spacial score (nSPS) is 17.3. The molecule has 0 radical (unpaired) electrons. The lowest BCUT2D eigenvalue weighted by Crippen LogP contribution is -2.13. The number of carboxylic acid groups (broad SMARTS) is 1. The summed E-state index contributed by atoms with van der Waals surface area (Å²) in [5, 5.41) is 9.10. The molecule has 0 fully saturated rings. The van der Waals surface area contributed by atoms with Crippen molar-refractivity contribution in [3.8, 4) is 0 Å². The highest BCUT2D eigenvalue weighted by Crippen LogP contribution is 2.33. The van der Waals surface area contributed by atoms with Gasteiger partial charge in [-0.2, -0.15) is 0 Å². The average molecular weight is 255 g/mol. The van der Waals surface area contributed by atoms with Crippen LogP contribution in [0.2, 0.25) is 5.02 Å². The lowest BCUT2D eigenvalue weighted by atomic mass is 10.0. The molecule has 0 atom stereocenters. The smallest absolute Gasteiger partial charge is 0.328 e. The number of Topliss-reactive ketones (excluding diaryl/α,β-unsaturated/α-hetero) is 1. The highest BCUT2D eigenvalue weighted by molar-refractivity contribution is 7.99. The standard InChI is InChI=1S/C11H7ClO3S/c12-7-1-2-9-8(4-7)11(15)6(5-16-9)3-10(13)14/h1-4H,5H2,(H,13,14)/b6-3+. The summed E-state index contributed by atoms with van der Waals surface area (Å²) in [6.45, 7) is 0. The molecule has 1 aromatic rings. The number of hydrogen-bond donors (Lipinski definition) is 1. The number of hydrogen-bond acceptors (Lipinski definition) is 3. The van der Waals surface area contributed by atoms with Crippen LogP contribution in [0.15, 0.2) is 34.7 Å². The van der Waals surface area contributed by atoms with Crippen molar-refractivity contribution < 1.29 is 14.7 Å². The number of thioether (sulfide) groups is 1. The van der Waals surface area contributed by atoms with Crippen LogP contribution in [0.3, 0.4) is 0 Å². The second-order valence-corrected chi connectivity index (χ2v) is 4.72. The first kappa shape index (κ1) is 11.2. The molecule has 0 bridgehead atoms. The number of fused-ring (bicyclic) bond motifs is 1. The van der Waals surface area contributed by atoms with Gasteiger partial charge >= 0.3 is 5.97 Å². The summed E-state index contributed by atoms with van der Waals surface area (Å²) in [5.74, 6) is -0.965. The molecule has 3 nitrogen and oxygen atoms in total. The molecule has 1 aliphatic heterocycles. The zero-order valence-corrected chi connectivity index (χ0v) is 9.64. The van der Waals surface area contributed by atoms with E-state index in [9.17, 15) is 9.59 Å². The molecule has 5 heteroatoms. The van der Waals surface area contributed by atoms with E-state index < -0.39 is 5.97 Å². The van der Waals surface area contributed by atoms with Gasteiger partial charge in [0.05, 0.1) is 0 Å². The van der Waals surface area contributed by atoms with E-state index >= 15 is 0 Å². The second-order valence-electron chi connectivity index (χ2n) is 3.27. The van der Waals surface area contributed by atoms with Crippen molar-refractivity contribution >= 4 is 35.1 Å². The van der Waals surface area contributed by atoms with Crippen LogP contribution in [0.1, 0.15) is 10.4 Å². The van der Waals surface area contributed by atoms with Crippen LogP contribution in [0.25, 0.3) is 0 Å². The molecule has 82 valence electrons. The molecule has 1 aromatic carbocycles. The topological polar surface area (TPSA) is 54.4 Å². The average Bonchev–Trinajstić information content (AvgIpc) is 2.22. The maximum atomic E-state index is 11.9. The number of rotatable bonds is 1. The maximum absolute atomic E-state index is 11.9. The molecule has 0 saturated carbocycles. The van der Waals surface area contributed by atoms with E-state index in [4.69, 9.17) is 16.7 Å². The predicted octanol–water partition coefficient (Wildman–Crippen LogP) is 2.64. The van der Waals surface area contributed by atoms with E-state index in [2.05, 4.69) is 0 Å². The molecule has 0 saturated heterocycles. The fourth-order valence-electron chi connectivity index (χ4n) is 1.46. The van der Waals surface area contributed by atoms with Gasteiger partial charge in [-0.1, -0.05) is 11.6 Å². The van der Waals surface area contributed by atoms with Crippen molar-refractivity contribution in [1.82, 2.24) is 0 Å². The molecule has 0 amide bonds. The van der Waals surface area contributed by atoms with Gasteiger partial charge in [0, 0.05) is 32.9 Å². The minimum Gasteiger partial charge on any atom is -0.478 e. The second kappa shape index (κ2) is 4.31. The van der Waals surface area contributed by atoms with Crippen molar-refractivity contribution in [2.45, 2.75) is 4.90 Å². The summed E-state index contributed by atoms with van der Waals surface area (Å²) >= 11 is 7.24. The van der Waals surface area contributed by atoms with Crippen molar-refractivity contribution in [2.75, 3.05) is 5.75 Å². The molecule has 1 N–H and O–H groups in total. The number of ketones is 1. The molecule has 0 aromatic heterocycles. The molecule has 1 aliphatic rings.